The van der Waals surface area contributed by atoms with Crippen molar-refractivity contribution >= 4 is 23.4 Å². The van der Waals surface area contributed by atoms with Gasteiger partial charge in [0.1, 0.15) is 0 Å². The molecule has 0 bridgehead atoms. The number of carbonyl (C=O) groups is 3. The van der Waals surface area contributed by atoms with Crippen LogP contribution in [-0.2, 0) is 14.4 Å². The molecule has 0 unspecified atom stereocenters. The van der Waals surface area contributed by atoms with Crippen LogP contribution in [0.5, 0.6) is 0 Å². The van der Waals surface area contributed by atoms with Crippen LogP contribution in [0.4, 0.5) is 5.69 Å². The van der Waals surface area contributed by atoms with E-state index < -0.39 is 0 Å². The number of nitrogens with zero attached hydrogens (tertiary/aromatic N) is 2. The topological polar surface area (TPSA) is 57.7 Å². The maximum atomic E-state index is 12.6. The number of aryl methyl sites for hydroxylation is 1. The van der Waals surface area contributed by atoms with E-state index in [2.05, 4.69) is 0 Å². The molecule has 2 fully saturated rings. The average Bonchev–Trinajstić information content (AvgIpc) is 2.86. The molecular weight excluding hydrogens is 316 g/mol. The largest absolute Gasteiger partial charge is 0.315 e. The monoisotopic (exact) mass is 342 g/mol. The Balaban J connectivity index is 1.65. The second-order valence-corrected chi connectivity index (χ2v) is 7.25. The molecule has 0 radical (unpaired) electrons. The van der Waals surface area contributed by atoms with Gasteiger partial charge in [0, 0.05) is 25.7 Å². The second-order valence-electron chi connectivity index (χ2n) is 7.25. The van der Waals surface area contributed by atoms with Crippen molar-refractivity contribution < 1.29 is 14.4 Å². The van der Waals surface area contributed by atoms with E-state index in [1.807, 2.05) is 32.0 Å². The number of hydrogen-bond donors (Lipinski definition) is 0. The summed E-state index contributed by atoms with van der Waals surface area (Å²) in [5.41, 5.74) is 3.07. The molecule has 1 aromatic rings. The molecule has 5 heteroatoms. The first kappa shape index (κ1) is 17.6. The minimum Gasteiger partial charge on any atom is -0.315 e. The van der Waals surface area contributed by atoms with Crippen molar-refractivity contribution in [3.63, 3.8) is 0 Å². The van der Waals surface area contributed by atoms with Gasteiger partial charge in [-0.15, -0.1) is 0 Å². The molecule has 2 atom stereocenters. The van der Waals surface area contributed by atoms with Gasteiger partial charge in [-0.1, -0.05) is 25.0 Å². The summed E-state index contributed by atoms with van der Waals surface area (Å²) < 4.78 is 0. The molecule has 1 aromatic carbocycles. The lowest BCUT2D eigenvalue weighted by atomic mass is 9.81. The molecule has 0 aromatic heterocycles. The van der Waals surface area contributed by atoms with E-state index in [4.69, 9.17) is 0 Å². The van der Waals surface area contributed by atoms with Gasteiger partial charge in [-0.25, -0.2) is 0 Å². The van der Waals surface area contributed by atoms with Crippen molar-refractivity contribution in [1.82, 2.24) is 4.90 Å². The number of amides is 3. The van der Waals surface area contributed by atoms with Gasteiger partial charge in [0.25, 0.3) is 0 Å². The summed E-state index contributed by atoms with van der Waals surface area (Å²) >= 11 is 0. The standard InChI is InChI=1S/C20H26N2O3/c1-13-7-6-10-17(14(13)2)21(3)18(23)11-12-22-19(24)15-8-4-5-9-16(15)20(22)25/h6-7,10,15-16H,4-5,8-9,11-12H2,1-3H3/t15-,16+. The Morgan fingerprint density at radius 2 is 1.72 bits per heavy atom. The Bertz CT molecular complexity index is 689. The second kappa shape index (κ2) is 6.98. The Labute approximate surface area is 149 Å². The summed E-state index contributed by atoms with van der Waals surface area (Å²) in [7, 11) is 1.75. The van der Waals surface area contributed by atoms with Crippen molar-refractivity contribution in [3.05, 3.63) is 29.3 Å². The number of benzene rings is 1. The first-order valence-electron chi connectivity index (χ1n) is 9.09. The fourth-order valence-corrected chi connectivity index (χ4v) is 4.06. The Morgan fingerprint density at radius 1 is 1.12 bits per heavy atom. The van der Waals surface area contributed by atoms with Crippen LogP contribution >= 0.6 is 0 Å². The third-order valence-electron chi connectivity index (χ3n) is 5.79. The molecule has 0 N–H and O–H groups in total. The third kappa shape index (κ3) is 3.20. The van der Waals surface area contributed by atoms with Crippen LogP contribution in [0, 0.1) is 25.7 Å². The van der Waals surface area contributed by atoms with E-state index in [1.165, 1.54) is 4.90 Å². The van der Waals surface area contributed by atoms with Crippen molar-refractivity contribution in [2.75, 3.05) is 18.5 Å². The van der Waals surface area contributed by atoms with Gasteiger partial charge in [0.2, 0.25) is 17.7 Å². The number of fused-ring (bicyclic) bond motifs is 1. The molecule has 5 nitrogen and oxygen atoms in total. The fourth-order valence-electron chi connectivity index (χ4n) is 4.06. The summed E-state index contributed by atoms with van der Waals surface area (Å²) in [5.74, 6) is -0.515. The van der Waals surface area contributed by atoms with Crippen LogP contribution in [0.15, 0.2) is 18.2 Å². The Kier molecular flexibility index (Phi) is 4.93. The predicted molar refractivity (Wildman–Crippen MR) is 96.1 cm³/mol. The SMILES string of the molecule is Cc1cccc(N(C)C(=O)CCN2C(=O)[C@H]3CCCC[C@H]3C2=O)c1C. The van der Waals surface area contributed by atoms with Crippen molar-refractivity contribution in [1.29, 1.82) is 0 Å². The zero-order chi connectivity index (χ0) is 18.1. The minimum atomic E-state index is -0.145. The summed E-state index contributed by atoms with van der Waals surface area (Å²) in [6.07, 6.45) is 3.82. The van der Waals surface area contributed by atoms with Crippen molar-refractivity contribution in [2.24, 2.45) is 11.8 Å². The number of hydrogen-bond acceptors (Lipinski definition) is 3. The average molecular weight is 342 g/mol. The van der Waals surface area contributed by atoms with Gasteiger partial charge in [-0.2, -0.15) is 0 Å². The first-order chi connectivity index (χ1) is 11.9. The molecule has 3 rings (SSSR count). The Morgan fingerprint density at radius 3 is 2.32 bits per heavy atom. The molecule has 1 saturated heterocycles. The molecule has 1 saturated carbocycles. The Hall–Kier alpha value is -2.17. The van der Waals surface area contributed by atoms with Gasteiger partial charge >= 0.3 is 0 Å². The number of likely N-dealkylation sites (tertiary alicyclic amines) is 1. The van der Waals surface area contributed by atoms with E-state index >= 15 is 0 Å². The highest BCUT2D eigenvalue weighted by Crippen LogP contribution is 2.38. The van der Waals surface area contributed by atoms with Gasteiger partial charge in [-0.3, -0.25) is 19.3 Å². The first-order valence-corrected chi connectivity index (χ1v) is 9.09. The zero-order valence-corrected chi connectivity index (χ0v) is 15.2. The van der Waals surface area contributed by atoms with Crippen LogP contribution in [0.25, 0.3) is 0 Å². The molecule has 2 aliphatic rings. The highest BCUT2D eigenvalue weighted by molar-refractivity contribution is 6.05. The minimum absolute atomic E-state index is 0.0723. The zero-order valence-electron chi connectivity index (χ0n) is 15.2. The number of imide groups is 1. The van der Waals surface area contributed by atoms with Crippen LogP contribution in [-0.4, -0.2) is 36.2 Å². The molecule has 134 valence electrons. The van der Waals surface area contributed by atoms with Gasteiger partial charge < -0.3 is 4.90 Å². The van der Waals surface area contributed by atoms with E-state index in [0.29, 0.717) is 0 Å². The lowest BCUT2D eigenvalue weighted by molar-refractivity contribution is -0.140. The predicted octanol–water partition coefficient (Wildman–Crippen LogP) is 2.83. The summed E-state index contributed by atoms with van der Waals surface area (Å²) in [6.45, 7) is 4.20. The van der Waals surface area contributed by atoms with Crippen LogP contribution in [0.2, 0.25) is 0 Å². The van der Waals surface area contributed by atoms with Crippen molar-refractivity contribution in [3.8, 4) is 0 Å². The molecular formula is C20H26N2O3. The highest BCUT2D eigenvalue weighted by Gasteiger charge is 2.47. The highest BCUT2D eigenvalue weighted by atomic mass is 16.2. The van der Waals surface area contributed by atoms with Crippen LogP contribution in [0.1, 0.15) is 43.2 Å². The van der Waals surface area contributed by atoms with E-state index in [-0.39, 0.29) is 42.5 Å². The molecule has 1 aliphatic heterocycles. The van der Waals surface area contributed by atoms with E-state index in [9.17, 15) is 14.4 Å². The molecule has 0 spiro atoms. The summed E-state index contributed by atoms with van der Waals surface area (Å²) in [6, 6.07) is 5.86. The number of rotatable bonds is 4. The fraction of sp³-hybridized carbons (Fsp3) is 0.550. The van der Waals surface area contributed by atoms with Gasteiger partial charge in [0.05, 0.1) is 11.8 Å². The normalized spacial score (nSPS) is 22.9. The van der Waals surface area contributed by atoms with Gasteiger partial charge in [0.15, 0.2) is 0 Å². The van der Waals surface area contributed by atoms with Crippen LogP contribution < -0.4 is 4.90 Å². The summed E-state index contributed by atoms with van der Waals surface area (Å²) in [4.78, 5) is 40.5. The quantitative estimate of drug-likeness (QED) is 0.791. The van der Waals surface area contributed by atoms with E-state index in [0.717, 1.165) is 42.5 Å². The third-order valence-corrected chi connectivity index (χ3v) is 5.79. The lowest BCUT2D eigenvalue weighted by Crippen LogP contribution is -2.36. The smallest absolute Gasteiger partial charge is 0.233 e. The molecule has 1 aliphatic carbocycles. The maximum Gasteiger partial charge on any atom is 0.233 e. The number of anilines is 1. The molecule has 1 heterocycles. The van der Waals surface area contributed by atoms with E-state index in [1.54, 1.807) is 11.9 Å². The molecule has 3 amide bonds. The summed E-state index contributed by atoms with van der Waals surface area (Å²) in [5, 5.41) is 0. The number of carbonyl (C=O) groups excluding carboxylic acids is 3. The molecule has 25 heavy (non-hydrogen) atoms. The van der Waals surface area contributed by atoms with Crippen molar-refractivity contribution in [2.45, 2.75) is 46.0 Å². The lowest BCUT2D eigenvalue weighted by Gasteiger charge is -2.22. The van der Waals surface area contributed by atoms with Gasteiger partial charge in [-0.05, 0) is 43.9 Å². The van der Waals surface area contributed by atoms with Crippen LogP contribution in [0.3, 0.4) is 0 Å². The maximum absolute atomic E-state index is 12.6.